The maximum atomic E-state index is 13.1. The number of fused-ring (bicyclic) bond motifs is 1. The number of nitrogens with zero attached hydrogens (tertiary/aromatic N) is 2. The van der Waals surface area contributed by atoms with Crippen molar-refractivity contribution in [3.63, 3.8) is 0 Å². The SMILES string of the molecule is CC(C)CC(=O)N1CCc2ccc(OCC(=O)N(C)C(C)C)cc2C1c1ccccc1. The molecule has 0 spiro atoms. The van der Waals surface area contributed by atoms with Crippen LogP contribution in [0, 0.1) is 5.92 Å². The molecule has 1 heterocycles. The second-order valence-electron chi connectivity index (χ2n) is 9.00. The summed E-state index contributed by atoms with van der Waals surface area (Å²) in [6, 6.07) is 16.1. The van der Waals surface area contributed by atoms with Crippen molar-refractivity contribution in [2.75, 3.05) is 20.2 Å². The lowest BCUT2D eigenvalue weighted by Crippen LogP contribution is -2.41. The third kappa shape index (κ3) is 5.46. The molecule has 2 amide bonds. The fourth-order valence-corrected chi connectivity index (χ4v) is 3.95. The van der Waals surface area contributed by atoms with Gasteiger partial charge in [-0.3, -0.25) is 9.59 Å². The largest absolute Gasteiger partial charge is 0.484 e. The Kier molecular flexibility index (Phi) is 7.37. The molecule has 1 aliphatic rings. The first-order valence-corrected chi connectivity index (χ1v) is 11.1. The average Bonchev–Trinajstić information content (AvgIpc) is 2.75. The van der Waals surface area contributed by atoms with Gasteiger partial charge in [0.2, 0.25) is 5.91 Å². The van der Waals surface area contributed by atoms with Crippen LogP contribution in [0.4, 0.5) is 0 Å². The Labute approximate surface area is 186 Å². The van der Waals surface area contributed by atoms with Gasteiger partial charge in [-0.25, -0.2) is 0 Å². The van der Waals surface area contributed by atoms with Gasteiger partial charge in [-0.2, -0.15) is 0 Å². The van der Waals surface area contributed by atoms with Crippen LogP contribution in [-0.2, 0) is 16.0 Å². The smallest absolute Gasteiger partial charge is 0.260 e. The highest BCUT2D eigenvalue weighted by Crippen LogP contribution is 2.37. The number of benzene rings is 2. The molecule has 0 aromatic heterocycles. The standard InChI is InChI=1S/C26H34N2O3/c1-18(2)15-24(29)28-14-13-20-11-12-22(31-17-25(30)27(5)19(3)4)16-23(20)26(28)21-9-7-6-8-10-21/h6-12,16,18-19,26H,13-15,17H2,1-5H3. The van der Waals surface area contributed by atoms with Crippen LogP contribution in [0.2, 0.25) is 0 Å². The Morgan fingerprint density at radius 1 is 1.10 bits per heavy atom. The normalized spacial score (nSPS) is 15.7. The monoisotopic (exact) mass is 422 g/mol. The van der Waals surface area contributed by atoms with Gasteiger partial charge in [-0.15, -0.1) is 0 Å². The molecule has 2 aromatic carbocycles. The number of carbonyl (C=O) groups excluding carboxylic acids is 2. The van der Waals surface area contributed by atoms with Crippen molar-refractivity contribution in [1.29, 1.82) is 0 Å². The molecule has 5 heteroatoms. The molecule has 0 aliphatic carbocycles. The first kappa shape index (κ1) is 22.9. The summed E-state index contributed by atoms with van der Waals surface area (Å²) in [5.74, 6) is 1.09. The molecule has 0 saturated carbocycles. The van der Waals surface area contributed by atoms with Crippen LogP contribution >= 0.6 is 0 Å². The van der Waals surface area contributed by atoms with Crippen molar-refractivity contribution in [3.8, 4) is 5.75 Å². The van der Waals surface area contributed by atoms with E-state index in [1.165, 1.54) is 5.56 Å². The van der Waals surface area contributed by atoms with Crippen molar-refractivity contribution >= 4 is 11.8 Å². The topological polar surface area (TPSA) is 49.9 Å². The molecule has 0 N–H and O–H groups in total. The van der Waals surface area contributed by atoms with Gasteiger partial charge in [0.1, 0.15) is 5.75 Å². The van der Waals surface area contributed by atoms with Crippen molar-refractivity contribution in [2.45, 2.75) is 52.6 Å². The zero-order valence-electron chi connectivity index (χ0n) is 19.3. The first-order chi connectivity index (χ1) is 14.8. The molecular formula is C26H34N2O3. The van der Waals surface area contributed by atoms with Gasteiger partial charge in [0.15, 0.2) is 6.61 Å². The summed E-state index contributed by atoms with van der Waals surface area (Å²) in [6.45, 7) is 8.80. The average molecular weight is 423 g/mol. The van der Waals surface area contributed by atoms with Crippen LogP contribution in [0.15, 0.2) is 48.5 Å². The number of likely N-dealkylation sites (N-methyl/N-ethyl adjacent to an activating group) is 1. The molecule has 0 bridgehead atoms. The summed E-state index contributed by atoms with van der Waals surface area (Å²) in [5.41, 5.74) is 3.39. The quantitative estimate of drug-likeness (QED) is 0.662. The molecule has 0 saturated heterocycles. The predicted octanol–water partition coefficient (Wildman–Crippen LogP) is 4.45. The number of hydrogen-bond acceptors (Lipinski definition) is 3. The molecule has 1 unspecified atom stereocenters. The number of rotatable bonds is 7. The van der Waals surface area contributed by atoms with Crippen LogP contribution in [0.1, 0.15) is 56.8 Å². The maximum absolute atomic E-state index is 13.1. The highest BCUT2D eigenvalue weighted by atomic mass is 16.5. The van der Waals surface area contributed by atoms with Crippen molar-refractivity contribution in [2.24, 2.45) is 5.92 Å². The molecule has 1 aliphatic heterocycles. The van der Waals surface area contributed by atoms with Crippen molar-refractivity contribution in [3.05, 3.63) is 65.2 Å². The van der Waals surface area contributed by atoms with Gasteiger partial charge < -0.3 is 14.5 Å². The summed E-state index contributed by atoms with van der Waals surface area (Å²) in [7, 11) is 1.78. The molecule has 1 atom stereocenters. The van der Waals surface area contributed by atoms with E-state index in [0.29, 0.717) is 24.6 Å². The number of amides is 2. The molecule has 3 rings (SSSR count). The van der Waals surface area contributed by atoms with Crippen LogP contribution in [0.5, 0.6) is 5.75 Å². The van der Waals surface area contributed by atoms with E-state index in [1.807, 2.05) is 49.1 Å². The lowest BCUT2D eigenvalue weighted by Gasteiger charge is -2.38. The Bertz CT molecular complexity index is 908. The highest BCUT2D eigenvalue weighted by Gasteiger charge is 2.32. The van der Waals surface area contributed by atoms with Crippen molar-refractivity contribution in [1.82, 2.24) is 9.80 Å². The number of carbonyl (C=O) groups is 2. The van der Waals surface area contributed by atoms with Gasteiger partial charge in [-0.05, 0) is 55.0 Å². The van der Waals surface area contributed by atoms with E-state index in [9.17, 15) is 9.59 Å². The minimum atomic E-state index is -0.145. The van der Waals surface area contributed by atoms with E-state index in [0.717, 1.165) is 17.5 Å². The molecular weight excluding hydrogens is 388 g/mol. The summed E-state index contributed by atoms with van der Waals surface area (Å²) in [6.07, 6.45) is 1.35. The lowest BCUT2D eigenvalue weighted by molar-refractivity contribution is -0.134. The third-order valence-electron chi connectivity index (χ3n) is 5.89. The molecule has 2 aromatic rings. The van der Waals surface area contributed by atoms with E-state index in [-0.39, 0.29) is 30.5 Å². The van der Waals surface area contributed by atoms with E-state index < -0.39 is 0 Å². The summed E-state index contributed by atoms with van der Waals surface area (Å²) in [5, 5.41) is 0. The van der Waals surface area contributed by atoms with E-state index in [1.54, 1.807) is 11.9 Å². The number of hydrogen-bond donors (Lipinski definition) is 0. The molecule has 0 fully saturated rings. The van der Waals surface area contributed by atoms with E-state index >= 15 is 0 Å². The van der Waals surface area contributed by atoms with E-state index in [4.69, 9.17) is 4.74 Å². The fraction of sp³-hybridized carbons (Fsp3) is 0.462. The van der Waals surface area contributed by atoms with Gasteiger partial charge in [0, 0.05) is 26.1 Å². The zero-order valence-corrected chi connectivity index (χ0v) is 19.3. The Hall–Kier alpha value is -2.82. The summed E-state index contributed by atoms with van der Waals surface area (Å²) >= 11 is 0. The predicted molar refractivity (Wildman–Crippen MR) is 123 cm³/mol. The maximum Gasteiger partial charge on any atom is 0.260 e. The van der Waals surface area contributed by atoms with Crippen LogP contribution in [0.3, 0.4) is 0 Å². The Morgan fingerprint density at radius 3 is 2.45 bits per heavy atom. The molecule has 5 nitrogen and oxygen atoms in total. The van der Waals surface area contributed by atoms with Crippen molar-refractivity contribution < 1.29 is 14.3 Å². The summed E-state index contributed by atoms with van der Waals surface area (Å²) < 4.78 is 5.86. The van der Waals surface area contributed by atoms with E-state index in [2.05, 4.69) is 32.0 Å². The van der Waals surface area contributed by atoms with Gasteiger partial charge >= 0.3 is 0 Å². The van der Waals surface area contributed by atoms with Crippen LogP contribution in [-0.4, -0.2) is 47.9 Å². The second kappa shape index (κ2) is 9.99. The van der Waals surface area contributed by atoms with Crippen LogP contribution < -0.4 is 4.74 Å². The third-order valence-corrected chi connectivity index (χ3v) is 5.89. The van der Waals surface area contributed by atoms with Gasteiger partial charge in [0.05, 0.1) is 6.04 Å². The molecule has 166 valence electrons. The minimum Gasteiger partial charge on any atom is -0.484 e. The highest BCUT2D eigenvalue weighted by molar-refractivity contribution is 5.78. The zero-order chi connectivity index (χ0) is 22.5. The first-order valence-electron chi connectivity index (χ1n) is 11.1. The second-order valence-corrected chi connectivity index (χ2v) is 9.00. The minimum absolute atomic E-state index is 0.000531. The summed E-state index contributed by atoms with van der Waals surface area (Å²) in [4.78, 5) is 29.1. The fourth-order valence-electron chi connectivity index (χ4n) is 3.95. The molecule has 0 radical (unpaired) electrons. The Morgan fingerprint density at radius 2 is 1.81 bits per heavy atom. The van der Waals surface area contributed by atoms with Gasteiger partial charge in [-0.1, -0.05) is 50.2 Å². The molecule has 31 heavy (non-hydrogen) atoms. The Balaban J connectivity index is 1.90. The van der Waals surface area contributed by atoms with Gasteiger partial charge in [0.25, 0.3) is 5.91 Å². The lowest BCUT2D eigenvalue weighted by atomic mass is 9.87. The van der Waals surface area contributed by atoms with Crippen LogP contribution in [0.25, 0.3) is 0 Å². The number of ether oxygens (including phenoxy) is 1.